The topological polar surface area (TPSA) is 89.2 Å². The smallest absolute Gasteiger partial charge is 0.291 e. The maximum absolute atomic E-state index is 12.8. The summed E-state index contributed by atoms with van der Waals surface area (Å²) in [4.78, 5) is 4.09. The van der Waals surface area contributed by atoms with Gasteiger partial charge in [0, 0.05) is 11.7 Å². The van der Waals surface area contributed by atoms with Crippen LogP contribution in [0.25, 0.3) is 16.3 Å². The highest BCUT2D eigenvalue weighted by Gasteiger charge is 2.41. The second-order valence-electron chi connectivity index (χ2n) is 6.27. The van der Waals surface area contributed by atoms with Gasteiger partial charge in [-0.1, -0.05) is 22.9 Å². The van der Waals surface area contributed by atoms with Gasteiger partial charge in [-0.15, -0.1) is 10.2 Å². The normalized spacial score (nSPS) is 16.5. The van der Waals surface area contributed by atoms with Crippen LogP contribution < -0.4 is 4.72 Å². The Morgan fingerprint density at radius 3 is 2.73 bits per heavy atom. The molecule has 0 aliphatic heterocycles. The van der Waals surface area contributed by atoms with Gasteiger partial charge in [0.1, 0.15) is 4.90 Å². The molecule has 1 aliphatic rings. The largest absolute Gasteiger partial charge is 0.295 e. The van der Waals surface area contributed by atoms with Gasteiger partial charge in [-0.05, 0) is 25.8 Å². The Hall–Kier alpha value is -1.69. The van der Waals surface area contributed by atoms with Crippen molar-refractivity contribution in [1.29, 1.82) is 0 Å². The highest BCUT2D eigenvalue weighted by atomic mass is 35.5. The molecule has 1 aliphatic carbocycles. The minimum Gasteiger partial charge on any atom is -0.295 e. The number of hydrogen-bond acceptors (Lipinski definition) is 6. The Labute approximate surface area is 156 Å². The molecule has 4 rings (SSSR count). The van der Waals surface area contributed by atoms with Gasteiger partial charge in [0.2, 0.25) is 10.0 Å². The summed E-state index contributed by atoms with van der Waals surface area (Å²) in [5, 5.41) is 7.03. The molecule has 0 aromatic carbocycles. The number of alkyl halides is 2. The highest BCUT2D eigenvalue weighted by molar-refractivity contribution is 7.89. The lowest BCUT2D eigenvalue weighted by molar-refractivity contribution is 0.150. The molecule has 26 heavy (non-hydrogen) atoms. The SMILES string of the molecule is CC1(NS(=O)(=O)c2cc(Cl)c3cnc(-c4nnc(C(F)F)s4)n3c2)CC1. The summed E-state index contributed by atoms with van der Waals surface area (Å²) < 4.78 is 54.8. The Bertz CT molecular complexity index is 1110. The van der Waals surface area contributed by atoms with Crippen molar-refractivity contribution in [2.45, 2.75) is 36.6 Å². The molecule has 3 aromatic heterocycles. The fourth-order valence-electron chi connectivity index (χ4n) is 2.42. The van der Waals surface area contributed by atoms with Gasteiger partial charge in [-0.25, -0.2) is 26.9 Å². The van der Waals surface area contributed by atoms with Crippen molar-refractivity contribution in [3.05, 3.63) is 28.5 Å². The fourth-order valence-corrected chi connectivity index (χ4v) is 4.93. The predicted molar refractivity (Wildman–Crippen MR) is 92.0 cm³/mol. The zero-order valence-electron chi connectivity index (χ0n) is 13.3. The average molecular weight is 420 g/mol. The highest BCUT2D eigenvalue weighted by Crippen LogP contribution is 2.37. The van der Waals surface area contributed by atoms with Crippen molar-refractivity contribution >= 4 is 38.5 Å². The van der Waals surface area contributed by atoms with Crippen molar-refractivity contribution in [3.63, 3.8) is 0 Å². The van der Waals surface area contributed by atoms with E-state index >= 15 is 0 Å². The Balaban J connectivity index is 1.82. The first-order chi connectivity index (χ1) is 12.2. The molecular formula is C14H12ClF2N5O2S2. The fraction of sp³-hybridized carbons (Fsp3) is 0.357. The Morgan fingerprint density at radius 2 is 2.12 bits per heavy atom. The molecule has 138 valence electrons. The quantitative estimate of drug-likeness (QED) is 0.685. The van der Waals surface area contributed by atoms with Crippen molar-refractivity contribution in [2.24, 2.45) is 0 Å². The molecule has 1 fully saturated rings. The van der Waals surface area contributed by atoms with Gasteiger partial charge in [-0.3, -0.25) is 4.40 Å². The molecule has 7 nitrogen and oxygen atoms in total. The van der Waals surface area contributed by atoms with Crippen LogP contribution >= 0.6 is 22.9 Å². The minimum atomic E-state index is -3.79. The van der Waals surface area contributed by atoms with E-state index in [9.17, 15) is 17.2 Å². The van der Waals surface area contributed by atoms with Gasteiger partial charge < -0.3 is 0 Å². The number of hydrogen-bond donors (Lipinski definition) is 1. The molecule has 3 aromatic rings. The van der Waals surface area contributed by atoms with E-state index in [-0.39, 0.29) is 20.8 Å². The van der Waals surface area contributed by atoms with E-state index in [2.05, 4.69) is 19.9 Å². The van der Waals surface area contributed by atoms with Crippen molar-refractivity contribution in [2.75, 3.05) is 0 Å². The lowest BCUT2D eigenvalue weighted by atomic mass is 10.4. The predicted octanol–water partition coefficient (Wildman–Crippen LogP) is 3.27. The third kappa shape index (κ3) is 3.08. The summed E-state index contributed by atoms with van der Waals surface area (Å²) >= 11 is 6.89. The first-order valence-electron chi connectivity index (χ1n) is 7.51. The van der Waals surface area contributed by atoms with E-state index in [1.54, 1.807) is 0 Å². The number of sulfonamides is 1. The van der Waals surface area contributed by atoms with E-state index in [1.165, 1.54) is 22.9 Å². The summed E-state index contributed by atoms with van der Waals surface area (Å²) in [7, 11) is -3.79. The third-order valence-corrected chi connectivity index (χ3v) is 6.91. The van der Waals surface area contributed by atoms with Crippen LogP contribution in [0.3, 0.4) is 0 Å². The number of halogens is 3. The van der Waals surface area contributed by atoms with Crippen molar-refractivity contribution in [3.8, 4) is 10.8 Å². The third-order valence-electron chi connectivity index (χ3n) is 4.08. The molecule has 0 unspecified atom stereocenters. The molecule has 12 heteroatoms. The summed E-state index contributed by atoms with van der Waals surface area (Å²) in [5.74, 6) is 0.195. The van der Waals surface area contributed by atoms with Crippen LogP contribution in [0.2, 0.25) is 5.02 Å². The zero-order valence-corrected chi connectivity index (χ0v) is 15.7. The lowest BCUT2D eigenvalue weighted by Crippen LogP contribution is -2.34. The summed E-state index contributed by atoms with van der Waals surface area (Å²) in [6, 6.07) is 1.33. The molecule has 0 saturated heterocycles. The summed E-state index contributed by atoms with van der Waals surface area (Å²) in [6.07, 6.45) is 1.56. The van der Waals surface area contributed by atoms with Crippen molar-refractivity contribution in [1.82, 2.24) is 24.3 Å². The summed E-state index contributed by atoms with van der Waals surface area (Å²) in [5.41, 5.74) is -0.00396. The standard InChI is InChI=1S/C14H12ClF2N5O2S2/c1-14(2-3-14)21-26(23,24)7-4-8(15)9-5-18-11(22(9)6-7)13-20-19-12(25-13)10(16)17/h4-6,10,21H,2-3H2,1H3. The van der Waals surface area contributed by atoms with Gasteiger partial charge in [-0.2, -0.15) is 0 Å². The first-order valence-corrected chi connectivity index (χ1v) is 10.2. The van der Waals surface area contributed by atoms with Gasteiger partial charge in [0.15, 0.2) is 15.8 Å². The van der Waals surface area contributed by atoms with E-state index in [4.69, 9.17) is 11.6 Å². The van der Waals surface area contributed by atoms with Crippen LogP contribution in [0.5, 0.6) is 0 Å². The monoisotopic (exact) mass is 419 g/mol. The van der Waals surface area contributed by atoms with Gasteiger partial charge >= 0.3 is 0 Å². The van der Waals surface area contributed by atoms with Crippen LogP contribution in [-0.2, 0) is 10.0 Å². The molecule has 1 N–H and O–H groups in total. The van der Waals surface area contributed by atoms with E-state index < -0.39 is 27.0 Å². The van der Waals surface area contributed by atoms with Gasteiger partial charge in [0.25, 0.3) is 6.43 Å². The molecule has 0 amide bonds. The maximum Gasteiger partial charge on any atom is 0.291 e. The number of nitrogens with one attached hydrogen (secondary N) is 1. The minimum absolute atomic E-state index is 0.0408. The summed E-state index contributed by atoms with van der Waals surface area (Å²) in [6.45, 7) is 1.82. The molecule has 0 radical (unpaired) electrons. The number of pyridine rings is 1. The van der Waals surface area contributed by atoms with Gasteiger partial charge in [0.05, 0.1) is 16.7 Å². The number of rotatable bonds is 5. The average Bonchev–Trinajstić information content (AvgIpc) is 3.00. The van der Waals surface area contributed by atoms with Crippen molar-refractivity contribution < 1.29 is 17.2 Å². The molecule has 0 spiro atoms. The van der Waals surface area contributed by atoms with E-state index in [1.807, 2.05) is 6.92 Å². The van der Waals surface area contributed by atoms with Crippen LogP contribution in [0.1, 0.15) is 31.2 Å². The molecular weight excluding hydrogens is 408 g/mol. The molecule has 1 saturated carbocycles. The molecule has 3 heterocycles. The van der Waals surface area contributed by atoms with E-state index in [0.29, 0.717) is 16.9 Å². The number of nitrogens with zero attached hydrogens (tertiary/aromatic N) is 4. The molecule has 0 atom stereocenters. The van der Waals surface area contributed by atoms with Crippen LogP contribution in [0, 0.1) is 0 Å². The number of aromatic nitrogens is 4. The van der Waals surface area contributed by atoms with E-state index in [0.717, 1.165) is 12.8 Å². The first kappa shape index (κ1) is 17.7. The lowest BCUT2D eigenvalue weighted by Gasteiger charge is -2.13. The van der Waals surface area contributed by atoms with Crippen LogP contribution in [0.4, 0.5) is 8.78 Å². The van der Waals surface area contributed by atoms with Crippen LogP contribution in [-0.4, -0.2) is 33.5 Å². The zero-order chi connectivity index (χ0) is 18.7. The van der Waals surface area contributed by atoms with Crippen LogP contribution in [0.15, 0.2) is 23.4 Å². The number of fused-ring (bicyclic) bond motifs is 1. The Kier molecular flexibility index (Phi) is 4.03. The maximum atomic E-state index is 12.8. The Morgan fingerprint density at radius 1 is 1.38 bits per heavy atom. The second kappa shape index (κ2) is 5.91. The number of imidazole rings is 1. The molecule has 0 bridgehead atoms. The second-order valence-corrected chi connectivity index (χ2v) is 9.37.